The van der Waals surface area contributed by atoms with Crippen molar-refractivity contribution >= 4 is 11.0 Å². The van der Waals surface area contributed by atoms with Crippen molar-refractivity contribution in [2.45, 2.75) is 40.2 Å². The van der Waals surface area contributed by atoms with Crippen molar-refractivity contribution < 1.29 is 0 Å². The Bertz CT molecular complexity index is 528. The number of rotatable bonds is 5. The maximum Gasteiger partial charge on any atom is 0.109 e. The minimum absolute atomic E-state index is 0.567. The Hall–Kier alpha value is -1.35. The second-order valence-corrected chi connectivity index (χ2v) is 5.14. The topological polar surface area (TPSA) is 43.8 Å². The fourth-order valence-electron chi connectivity index (χ4n) is 2.33. The van der Waals surface area contributed by atoms with Gasteiger partial charge in [-0.2, -0.15) is 0 Å². The highest BCUT2D eigenvalue weighted by molar-refractivity contribution is 5.76. The molecule has 1 atom stereocenters. The molecule has 0 saturated carbocycles. The number of hydrogen-bond donors (Lipinski definition) is 1. The number of aryl methyl sites for hydroxylation is 3. The van der Waals surface area contributed by atoms with Crippen LogP contribution in [0.2, 0.25) is 0 Å². The Morgan fingerprint density at radius 3 is 2.83 bits per heavy atom. The highest BCUT2D eigenvalue weighted by atomic mass is 15.1. The Labute approximate surface area is 109 Å². The van der Waals surface area contributed by atoms with Gasteiger partial charge >= 0.3 is 0 Å². The van der Waals surface area contributed by atoms with E-state index in [1.54, 1.807) is 0 Å². The van der Waals surface area contributed by atoms with Crippen LogP contribution in [-0.4, -0.2) is 16.1 Å². The van der Waals surface area contributed by atoms with Crippen LogP contribution >= 0.6 is 0 Å². The molecule has 0 saturated heterocycles. The highest BCUT2D eigenvalue weighted by Crippen LogP contribution is 2.19. The first-order chi connectivity index (χ1) is 8.65. The van der Waals surface area contributed by atoms with Crippen LogP contribution in [0.25, 0.3) is 11.0 Å². The van der Waals surface area contributed by atoms with E-state index in [1.165, 1.54) is 16.9 Å². The Morgan fingerprint density at radius 1 is 1.39 bits per heavy atom. The van der Waals surface area contributed by atoms with Gasteiger partial charge in [-0.15, -0.1) is 0 Å². The summed E-state index contributed by atoms with van der Waals surface area (Å²) in [7, 11) is 0. The van der Waals surface area contributed by atoms with E-state index >= 15 is 0 Å². The lowest BCUT2D eigenvalue weighted by Gasteiger charge is -2.09. The average molecular weight is 245 g/mol. The maximum atomic E-state index is 5.67. The van der Waals surface area contributed by atoms with Crippen LogP contribution in [0.15, 0.2) is 18.2 Å². The number of hydrogen-bond acceptors (Lipinski definition) is 2. The van der Waals surface area contributed by atoms with Gasteiger partial charge in [-0.05, 0) is 50.4 Å². The van der Waals surface area contributed by atoms with Gasteiger partial charge in [0.05, 0.1) is 11.0 Å². The fourth-order valence-corrected chi connectivity index (χ4v) is 2.33. The van der Waals surface area contributed by atoms with Crippen molar-refractivity contribution in [2.75, 3.05) is 6.54 Å². The van der Waals surface area contributed by atoms with Gasteiger partial charge in [-0.25, -0.2) is 4.98 Å². The van der Waals surface area contributed by atoms with Crippen LogP contribution in [-0.2, 0) is 13.0 Å². The molecule has 2 N–H and O–H groups in total. The molecule has 3 nitrogen and oxygen atoms in total. The molecule has 0 bridgehead atoms. The zero-order chi connectivity index (χ0) is 13.1. The maximum absolute atomic E-state index is 5.67. The van der Waals surface area contributed by atoms with Crippen LogP contribution in [0, 0.1) is 12.8 Å². The largest absolute Gasteiger partial charge is 0.330 e. The van der Waals surface area contributed by atoms with Gasteiger partial charge in [-0.1, -0.05) is 13.0 Å². The number of aromatic nitrogens is 2. The first-order valence-corrected chi connectivity index (χ1v) is 6.81. The first kappa shape index (κ1) is 13.1. The zero-order valence-corrected chi connectivity index (χ0v) is 11.6. The van der Waals surface area contributed by atoms with E-state index in [9.17, 15) is 0 Å². The summed E-state index contributed by atoms with van der Waals surface area (Å²) in [5.74, 6) is 1.76. The number of nitrogens with zero attached hydrogens (tertiary/aromatic N) is 2. The van der Waals surface area contributed by atoms with Crippen molar-refractivity contribution in [1.29, 1.82) is 0 Å². The van der Waals surface area contributed by atoms with E-state index < -0.39 is 0 Å². The minimum atomic E-state index is 0.567. The smallest absolute Gasteiger partial charge is 0.109 e. The van der Waals surface area contributed by atoms with Crippen LogP contribution in [0.1, 0.15) is 31.7 Å². The summed E-state index contributed by atoms with van der Waals surface area (Å²) >= 11 is 0. The quantitative estimate of drug-likeness (QED) is 0.880. The monoisotopic (exact) mass is 245 g/mol. The lowest BCUT2D eigenvalue weighted by atomic mass is 10.1. The molecule has 3 heteroatoms. The summed E-state index contributed by atoms with van der Waals surface area (Å²) in [6.45, 7) is 8.22. The van der Waals surface area contributed by atoms with Gasteiger partial charge in [0, 0.05) is 13.0 Å². The molecule has 1 aromatic heterocycles. The van der Waals surface area contributed by atoms with E-state index in [2.05, 4.69) is 43.5 Å². The molecule has 98 valence electrons. The third-order valence-electron chi connectivity index (χ3n) is 3.56. The molecule has 18 heavy (non-hydrogen) atoms. The summed E-state index contributed by atoms with van der Waals surface area (Å²) in [6, 6.07) is 6.50. The lowest BCUT2D eigenvalue weighted by molar-refractivity contribution is 0.527. The number of imidazole rings is 1. The molecule has 1 heterocycles. The van der Waals surface area contributed by atoms with E-state index in [-0.39, 0.29) is 0 Å². The normalized spacial score (nSPS) is 13.1. The summed E-state index contributed by atoms with van der Waals surface area (Å²) in [4.78, 5) is 4.77. The SMILES string of the molecule is CCn1c(CCC(C)CN)nc2cc(C)ccc21. The van der Waals surface area contributed by atoms with Crippen molar-refractivity contribution in [3.63, 3.8) is 0 Å². The number of benzene rings is 1. The van der Waals surface area contributed by atoms with Crippen molar-refractivity contribution in [1.82, 2.24) is 9.55 Å². The number of fused-ring (bicyclic) bond motifs is 1. The van der Waals surface area contributed by atoms with Gasteiger partial charge in [-0.3, -0.25) is 0 Å². The van der Waals surface area contributed by atoms with Gasteiger partial charge in [0.15, 0.2) is 0 Å². The zero-order valence-electron chi connectivity index (χ0n) is 11.6. The number of nitrogens with two attached hydrogens (primary N) is 1. The summed E-state index contributed by atoms with van der Waals surface area (Å²) in [5.41, 5.74) is 9.31. The molecule has 0 aliphatic heterocycles. The van der Waals surface area contributed by atoms with Crippen LogP contribution in [0.5, 0.6) is 0 Å². The van der Waals surface area contributed by atoms with Crippen molar-refractivity contribution in [3.8, 4) is 0 Å². The molecule has 0 spiro atoms. The molecular formula is C15H23N3. The highest BCUT2D eigenvalue weighted by Gasteiger charge is 2.10. The molecule has 0 radical (unpaired) electrons. The fraction of sp³-hybridized carbons (Fsp3) is 0.533. The van der Waals surface area contributed by atoms with E-state index in [4.69, 9.17) is 10.7 Å². The molecule has 0 aliphatic carbocycles. The van der Waals surface area contributed by atoms with Gasteiger partial charge in [0.25, 0.3) is 0 Å². The molecular weight excluding hydrogens is 222 g/mol. The molecule has 1 unspecified atom stereocenters. The van der Waals surface area contributed by atoms with Gasteiger partial charge in [0.1, 0.15) is 5.82 Å². The van der Waals surface area contributed by atoms with E-state index in [0.29, 0.717) is 5.92 Å². The molecule has 0 fully saturated rings. The molecule has 2 rings (SSSR count). The predicted molar refractivity (Wildman–Crippen MR) is 76.7 cm³/mol. The van der Waals surface area contributed by atoms with Crippen LogP contribution < -0.4 is 5.73 Å². The van der Waals surface area contributed by atoms with Crippen LogP contribution in [0.3, 0.4) is 0 Å². The Kier molecular flexibility index (Phi) is 4.02. The third kappa shape index (κ3) is 2.56. The molecule has 1 aromatic carbocycles. The summed E-state index contributed by atoms with van der Waals surface area (Å²) in [5, 5.41) is 0. The van der Waals surface area contributed by atoms with Crippen molar-refractivity contribution in [3.05, 3.63) is 29.6 Å². The average Bonchev–Trinajstić information content (AvgIpc) is 2.72. The van der Waals surface area contributed by atoms with Gasteiger partial charge < -0.3 is 10.3 Å². The molecule has 0 aliphatic rings. The minimum Gasteiger partial charge on any atom is -0.330 e. The summed E-state index contributed by atoms with van der Waals surface area (Å²) in [6.07, 6.45) is 2.12. The predicted octanol–water partition coefficient (Wildman–Crippen LogP) is 2.89. The summed E-state index contributed by atoms with van der Waals surface area (Å²) < 4.78 is 2.32. The Morgan fingerprint density at radius 2 is 2.17 bits per heavy atom. The Balaban J connectivity index is 2.32. The second-order valence-electron chi connectivity index (χ2n) is 5.14. The van der Waals surface area contributed by atoms with Gasteiger partial charge in [0.2, 0.25) is 0 Å². The standard InChI is InChI=1S/C15H23N3/c1-4-18-14-7-5-11(2)9-13(14)17-15(18)8-6-12(3)10-16/h5,7,9,12H,4,6,8,10,16H2,1-3H3. The lowest BCUT2D eigenvalue weighted by Crippen LogP contribution is -2.12. The second kappa shape index (κ2) is 5.53. The van der Waals surface area contributed by atoms with E-state index in [0.717, 1.165) is 31.4 Å². The first-order valence-electron chi connectivity index (χ1n) is 6.81. The third-order valence-corrected chi connectivity index (χ3v) is 3.56. The van der Waals surface area contributed by atoms with E-state index in [1.807, 2.05) is 0 Å². The molecule has 0 amide bonds. The van der Waals surface area contributed by atoms with Crippen molar-refractivity contribution in [2.24, 2.45) is 11.7 Å². The molecule has 2 aromatic rings. The van der Waals surface area contributed by atoms with Crippen LogP contribution in [0.4, 0.5) is 0 Å².